The van der Waals surface area contributed by atoms with Gasteiger partial charge in [-0.1, -0.05) is 0 Å². The van der Waals surface area contributed by atoms with Gasteiger partial charge in [0.15, 0.2) is 5.75 Å². The summed E-state index contributed by atoms with van der Waals surface area (Å²) in [5.74, 6) is 1.56. The van der Waals surface area contributed by atoms with Gasteiger partial charge in [-0.05, 0) is 13.1 Å². The number of nitrogens with one attached hydrogen (secondary N) is 1. The van der Waals surface area contributed by atoms with Gasteiger partial charge in [-0.2, -0.15) is 5.10 Å². The van der Waals surface area contributed by atoms with E-state index >= 15 is 0 Å². The molecule has 0 aliphatic rings. The van der Waals surface area contributed by atoms with Crippen molar-refractivity contribution in [2.24, 2.45) is 7.05 Å². The number of aryl methyl sites for hydroxylation is 1. The van der Waals surface area contributed by atoms with Crippen LogP contribution in [0.25, 0.3) is 0 Å². The summed E-state index contributed by atoms with van der Waals surface area (Å²) in [4.78, 5) is 0. The molecule has 0 aromatic carbocycles. The van der Waals surface area contributed by atoms with E-state index in [9.17, 15) is 0 Å². The van der Waals surface area contributed by atoms with Crippen LogP contribution in [0.15, 0.2) is 29.1 Å². The van der Waals surface area contributed by atoms with Crippen molar-refractivity contribution in [3.05, 3.63) is 36.0 Å². The number of nitrogens with zero attached hydrogens (tertiary/aromatic N) is 2. The predicted molar refractivity (Wildman–Crippen MR) is 59.0 cm³/mol. The summed E-state index contributed by atoms with van der Waals surface area (Å²) in [5, 5.41) is 7.07. The molecule has 5 nitrogen and oxygen atoms in total. The Morgan fingerprint density at radius 3 is 3.12 bits per heavy atom. The molecule has 0 fully saturated rings. The zero-order valence-electron chi connectivity index (χ0n) is 9.43. The first-order valence-corrected chi connectivity index (χ1v) is 5.10. The lowest BCUT2D eigenvalue weighted by molar-refractivity contribution is 0.270. The fourth-order valence-electron chi connectivity index (χ4n) is 1.43. The topological polar surface area (TPSA) is 52.2 Å². The second-order valence-corrected chi connectivity index (χ2v) is 3.59. The molecule has 0 radical (unpaired) electrons. The van der Waals surface area contributed by atoms with E-state index in [2.05, 4.69) is 10.4 Å². The number of hydrogen-bond donors (Lipinski definition) is 1. The van der Waals surface area contributed by atoms with Gasteiger partial charge in [0, 0.05) is 19.2 Å². The second-order valence-electron chi connectivity index (χ2n) is 3.59. The Labute approximate surface area is 94.0 Å². The van der Waals surface area contributed by atoms with E-state index in [1.807, 2.05) is 26.4 Å². The van der Waals surface area contributed by atoms with Crippen molar-refractivity contribution >= 4 is 0 Å². The third-order valence-electron chi connectivity index (χ3n) is 2.15. The SMILES string of the molecule is CNCc1coc(COc2cnn(C)c2)c1. The molecule has 2 heterocycles. The van der Waals surface area contributed by atoms with Crippen LogP contribution in [-0.2, 0) is 20.2 Å². The lowest BCUT2D eigenvalue weighted by atomic mass is 10.3. The third-order valence-corrected chi connectivity index (χ3v) is 2.15. The van der Waals surface area contributed by atoms with E-state index in [1.165, 1.54) is 0 Å². The highest BCUT2D eigenvalue weighted by Gasteiger charge is 2.03. The maximum absolute atomic E-state index is 5.51. The molecule has 86 valence electrons. The van der Waals surface area contributed by atoms with Gasteiger partial charge in [0.05, 0.1) is 18.7 Å². The van der Waals surface area contributed by atoms with Crippen LogP contribution < -0.4 is 10.1 Å². The first-order valence-electron chi connectivity index (χ1n) is 5.10. The Balaban J connectivity index is 1.89. The molecule has 0 amide bonds. The first-order chi connectivity index (χ1) is 7.78. The lowest BCUT2D eigenvalue weighted by Gasteiger charge is -1.98. The molecule has 0 spiro atoms. The molecule has 1 N–H and O–H groups in total. The Hall–Kier alpha value is -1.75. The number of hydrogen-bond acceptors (Lipinski definition) is 4. The van der Waals surface area contributed by atoms with Crippen molar-refractivity contribution < 1.29 is 9.15 Å². The van der Waals surface area contributed by atoms with Crippen molar-refractivity contribution in [1.82, 2.24) is 15.1 Å². The molecule has 16 heavy (non-hydrogen) atoms. The van der Waals surface area contributed by atoms with Crippen LogP contribution in [0.4, 0.5) is 0 Å². The van der Waals surface area contributed by atoms with Gasteiger partial charge in [0.25, 0.3) is 0 Å². The van der Waals surface area contributed by atoms with E-state index in [1.54, 1.807) is 17.1 Å². The van der Waals surface area contributed by atoms with Crippen molar-refractivity contribution in [2.75, 3.05) is 7.05 Å². The van der Waals surface area contributed by atoms with E-state index < -0.39 is 0 Å². The summed E-state index contributed by atoms with van der Waals surface area (Å²) in [7, 11) is 3.75. The molecule has 0 saturated heterocycles. The van der Waals surface area contributed by atoms with Crippen molar-refractivity contribution in [3.63, 3.8) is 0 Å². The Bertz CT molecular complexity index is 448. The van der Waals surface area contributed by atoms with Gasteiger partial charge in [-0.15, -0.1) is 0 Å². The van der Waals surface area contributed by atoms with Crippen molar-refractivity contribution in [1.29, 1.82) is 0 Å². The van der Waals surface area contributed by atoms with Crippen LogP contribution in [0.3, 0.4) is 0 Å². The highest BCUT2D eigenvalue weighted by molar-refractivity contribution is 5.15. The minimum Gasteiger partial charge on any atom is -0.482 e. The molecular formula is C11H15N3O2. The lowest BCUT2D eigenvalue weighted by Crippen LogP contribution is -2.03. The smallest absolute Gasteiger partial charge is 0.157 e. The molecule has 0 saturated carbocycles. The number of ether oxygens (including phenoxy) is 1. The molecule has 0 atom stereocenters. The van der Waals surface area contributed by atoms with Gasteiger partial charge >= 0.3 is 0 Å². The minimum atomic E-state index is 0.426. The van der Waals surface area contributed by atoms with Crippen LogP contribution in [0, 0.1) is 0 Å². The number of aromatic nitrogens is 2. The van der Waals surface area contributed by atoms with E-state index in [-0.39, 0.29) is 0 Å². The van der Waals surface area contributed by atoms with Crippen LogP contribution >= 0.6 is 0 Å². The fraction of sp³-hybridized carbons (Fsp3) is 0.364. The maximum Gasteiger partial charge on any atom is 0.157 e. The van der Waals surface area contributed by atoms with Gasteiger partial charge in [0.1, 0.15) is 12.4 Å². The zero-order valence-corrected chi connectivity index (χ0v) is 9.43. The Kier molecular flexibility index (Phi) is 3.26. The quantitative estimate of drug-likeness (QED) is 0.827. The molecular weight excluding hydrogens is 206 g/mol. The Morgan fingerprint density at radius 1 is 1.56 bits per heavy atom. The molecule has 2 aromatic rings. The third kappa shape index (κ3) is 2.64. The molecule has 0 bridgehead atoms. The van der Waals surface area contributed by atoms with Crippen LogP contribution in [-0.4, -0.2) is 16.8 Å². The van der Waals surface area contributed by atoms with E-state index in [0.29, 0.717) is 6.61 Å². The summed E-state index contributed by atoms with van der Waals surface area (Å²) in [6.07, 6.45) is 5.23. The van der Waals surface area contributed by atoms with E-state index in [4.69, 9.17) is 9.15 Å². The van der Waals surface area contributed by atoms with Crippen molar-refractivity contribution in [3.8, 4) is 5.75 Å². The molecule has 2 aromatic heterocycles. The van der Waals surface area contributed by atoms with Gasteiger partial charge in [-0.3, -0.25) is 4.68 Å². The molecule has 5 heteroatoms. The highest BCUT2D eigenvalue weighted by atomic mass is 16.5. The average molecular weight is 221 g/mol. The summed E-state index contributed by atoms with van der Waals surface area (Å²) < 4.78 is 12.6. The molecule has 0 aliphatic carbocycles. The van der Waals surface area contributed by atoms with Crippen LogP contribution in [0.5, 0.6) is 5.75 Å². The largest absolute Gasteiger partial charge is 0.482 e. The summed E-state index contributed by atoms with van der Waals surface area (Å²) in [6.45, 7) is 1.23. The maximum atomic E-state index is 5.51. The summed E-state index contributed by atoms with van der Waals surface area (Å²) in [6, 6.07) is 1.98. The predicted octanol–water partition coefficient (Wildman–Crippen LogP) is 1.31. The van der Waals surface area contributed by atoms with E-state index in [0.717, 1.165) is 23.6 Å². The van der Waals surface area contributed by atoms with Crippen LogP contribution in [0.1, 0.15) is 11.3 Å². The average Bonchev–Trinajstić information content (AvgIpc) is 2.85. The van der Waals surface area contributed by atoms with Gasteiger partial charge < -0.3 is 14.5 Å². The molecule has 2 rings (SSSR count). The molecule has 0 aliphatic heterocycles. The summed E-state index contributed by atoms with van der Waals surface area (Å²) >= 11 is 0. The van der Waals surface area contributed by atoms with Gasteiger partial charge in [0.2, 0.25) is 0 Å². The first kappa shape index (κ1) is 10.8. The molecule has 0 unspecified atom stereocenters. The summed E-state index contributed by atoms with van der Waals surface area (Å²) in [5.41, 5.74) is 1.12. The standard InChI is InChI=1S/C11H15N3O2/c1-12-4-9-3-10(15-7-9)8-16-11-5-13-14(2)6-11/h3,5-7,12H,4,8H2,1-2H3. The Morgan fingerprint density at radius 2 is 2.44 bits per heavy atom. The fourth-order valence-corrected chi connectivity index (χ4v) is 1.43. The normalized spacial score (nSPS) is 10.6. The van der Waals surface area contributed by atoms with Crippen LogP contribution in [0.2, 0.25) is 0 Å². The van der Waals surface area contributed by atoms with Gasteiger partial charge in [-0.25, -0.2) is 0 Å². The minimum absolute atomic E-state index is 0.426. The number of furan rings is 1. The number of rotatable bonds is 5. The highest BCUT2D eigenvalue weighted by Crippen LogP contribution is 2.13. The zero-order chi connectivity index (χ0) is 11.4. The second kappa shape index (κ2) is 4.85. The van der Waals surface area contributed by atoms with Crippen molar-refractivity contribution in [2.45, 2.75) is 13.2 Å². The monoisotopic (exact) mass is 221 g/mol.